The lowest BCUT2D eigenvalue weighted by Crippen LogP contribution is -2.33. The van der Waals surface area contributed by atoms with Gasteiger partial charge in [-0.05, 0) is 30.8 Å². The zero-order valence-corrected chi connectivity index (χ0v) is 23.3. The van der Waals surface area contributed by atoms with E-state index in [0.717, 1.165) is 11.3 Å². The molecule has 0 aliphatic carbocycles. The fourth-order valence-corrected chi connectivity index (χ4v) is 6.51. The highest BCUT2D eigenvalue weighted by Gasteiger charge is 2.57. The Morgan fingerprint density at radius 1 is 0.946 bits per heavy atom. The first-order valence-electron chi connectivity index (χ1n) is 11.5. The minimum absolute atomic E-state index is 0.114. The Bertz CT molecular complexity index is 1660. The molecule has 0 fully saturated rings. The molecule has 0 saturated carbocycles. The molecule has 190 valence electrons. The number of fused-ring (bicyclic) bond motifs is 8. The summed E-state index contributed by atoms with van der Waals surface area (Å²) in [4.78, 5) is 15.6. The maximum absolute atomic E-state index is 13.6. The van der Waals surface area contributed by atoms with Gasteiger partial charge in [0.05, 0.1) is 25.6 Å². The lowest BCUT2D eigenvalue weighted by Gasteiger charge is -2.37. The summed E-state index contributed by atoms with van der Waals surface area (Å²) in [5, 5.41) is 4.33. The van der Waals surface area contributed by atoms with Crippen LogP contribution >= 0.6 is 46.4 Å². The molecule has 2 aliphatic rings. The molecule has 1 aromatic heterocycles. The number of nitrogens with zero attached hydrogens (tertiary/aromatic N) is 2. The Balaban J connectivity index is 1.78. The molecule has 0 radical (unpaired) electrons. The third-order valence-corrected chi connectivity index (χ3v) is 8.87. The molecule has 0 saturated heterocycles. The van der Waals surface area contributed by atoms with E-state index in [-0.39, 0.29) is 20.1 Å². The average Bonchev–Trinajstić information content (AvgIpc) is 3.34. The van der Waals surface area contributed by atoms with Crippen molar-refractivity contribution in [2.24, 2.45) is 7.05 Å². The molecule has 6 nitrogen and oxygen atoms in total. The second kappa shape index (κ2) is 8.45. The number of hydrogen-bond acceptors (Lipinski definition) is 5. The molecule has 1 N–H and O–H groups in total. The predicted octanol–water partition coefficient (Wildman–Crippen LogP) is 7.15. The number of aromatic nitrogens is 1. The molecule has 3 aromatic carbocycles. The standard InChI is InChI=1S/C27H21Cl4N3O3/c1-32-11-12-5-7-14-16(9-12)36-17-10-13(33(2)3)6-8-15(17)27(14)19-18-20(28)21(29)22(30)23(31)24(18)34(4)25(19)26(35)37-27/h5-10,32H,11H2,1-4H3. The van der Waals surface area contributed by atoms with Crippen molar-refractivity contribution in [1.82, 2.24) is 9.88 Å². The number of ether oxygens (including phenoxy) is 2. The van der Waals surface area contributed by atoms with Crippen LogP contribution in [0.3, 0.4) is 0 Å². The summed E-state index contributed by atoms with van der Waals surface area (Å²) in [7, 11) is 7.51. The molecular weight excluding hydrogens is 556 g/mol. The molecule has 1 atom stereocenters. The van der Waals surface area contributed by atoms with Crippen LogP contribution in [0.2, 0.25) is 20.1 Å². The highest BCUT2D eigenvalue weighted by molar-refractivity contribution is 6.55. The molecule has 10 heteroatoms. The van der Waals surface area contributed by atoms with Gasteiger partial charge >= 0.3 is 5.97 Å². The molecule has 3 heterocycles. The monoisotopic (exact) mass is 575 g/mol. The predicted molar refractivity (Wildman–Crippen MR) is 148 cm³/mol. The third-order valence-electron chi connectivity index (χ3n) is 7.08. The summed E-state index contributed by atoms with van der Waals surface area (Å²) in [6.07, 6.45) is 0. The van der Waals surface area contributed by atoms with Crippen LogP contribution in [-0.4, -0.2) is 31.7 Å². The van der Waals surface area contributed by atoms with Gasteiger partial charge in [0.1, 0.15) is 17.2 Å². The molecule has 1 spiro atoms. The number of benzene rings is 3. The van der Waals surface area contributed by atoms with Gasteiger partial charge in [-0.3, -0.25) is 0 Å². The Kier molecular flexibility index (Phi) is 5.64. The fraction of sp³-hybridized carbons (Fsp3) is 0.222. The first-order valence-corrected chi connectivity index (χ1v) is 13.0. The number of nitrogens with one attached hydrogen (secondary N) is 1. The number of aryl methyl sites for hydroxylation is 1. The number of carbonyl (C=O) groups excluding carboxylic acids is 1. The van der Waals surface area contributed by atoms with Gasteiger partial charge in [-0.2, -0.15) is 0 Å². The van der Waals surface area contributed by atoms with E-state index in [1.807, 2.05) is 62.4 Å². The van der Waals surface area contributed by atoms with Gasteiger partial charge in [0.2, 0.25) is 0 Å². The van der Waals surface area contributed by atoms with Crippen LogP contribution < -0.4 is 15.0 Å². The largest absolute Gasteiger partial charge is 0.456 e. The number of anilines is 1. The molecule has 0 amide bonds. The van der Waals surface area contributed by atoms with Crippen molar-refractivity contribution in [2.75, 3.05) is 26.0 Å². The van der Waals surface area contributed by atoms with Crippen molar-refractivity contribution in [3.63, 3.8) is 0 Å². The smallest absolute Gasteiger partial charge is 0.357 e. The molecule has 6 rings (SSSR count). The van der Waals surface area contributed by atoms with E-state index in [0.29, 0.717) is 51.3 Å². The van der Waals surface area contributed by atoms with Crippen molar-refractivity contribution in [1.29, 1.82) is 0 Å². The van der Waals surface area contributed by atoms with E-state index in [2.05, 4.69) is 5.32 Å². The Hall–Kier alpha value is -2.61. The van der Waals surface area contributed by atoms with Crippen molar-refractivity contribution in [3.8, 4) is 11.5 Å². The zero-order chi connectivity index (χ0) is 26.4. The van der Waals surface area contributed by atoms with Crippen LogP contribution in [0.25, 0.3) is 10.9 Å². The number of carbonyl (C=O) groups is 1. The van der Waals surface area contributed by atoms with E-state index >= 15 is 0 Å². The van der Waals surface area contributed by atoms with Gasteiger partial charge in [-0.15, -0.1) is 0 Å². The fourth-order valence-electron chi connectivity index (χ4n) is 5.44. The zero-order valence-electron chi connectivity index (χ0n) is 20.3. The maximum Gasteiger partial charge on any atom is 0.357 e. The topological polar surface area (TPSA) is 55.7 Å². The highest BCUT2D eigenvalue weighted by atomic mass is 35.5. The summed E-state index contributed by atoms with van der Waals surface area (Å²) in [6.45, 7) is 0.642. The summed E-state index contributed by atoms with van der Waals surface area (Å²) < 4.78 is 14.5. The van der Waals surface area contributed by atoms with E-state index in [1.54, 1.807) is 11.6 Å². The van der Waals surface area contributed by atoms with Crippen LogP contribution in [0.15, 0.2) is 36.4 Å². The Morgan fingerprint density at radius 3 is 2.27 bits per heavy atom. The summed E-state index contributed by atoms with van der Waals surface area (Å²) in [5.41, 5.74) is 3.34. The minimum Gasteiger partial charge on any atom is -0.456 e. The average molecular weight is 577 g/mol. The van der Waals surface area contributed by atoms with Crippen LogP contribution in [0, 0.1) is 0 Å². The van der Waals surface area contributed by atoms with Crippen LogP contribution in [0.5, 0.6) is 11.5 Å². The first-order chi connectivity index (χ1) is 17.6. The highest BCUT2D eigenvalue weighted by Crippen LogP contribution is 2.60. The van der Waals surface area contributed by atoms with Gasteiger partial charge in [-0.1, -0.05) is 58.5 Å². The number of hydrogen-bond donors (Lipinski definition) is 1. The molecule has 37 heavy (non-hydrogen) atoms. The van der Waals surface area contributed by atoms with Crippen molar-refractivity contribution in [2.45, 2.75) is 12.1 Å². The van der Waals surface area contributed by atoms with Crippen LogP contribution in [0.1, 0.15) is 32.7 Å². The molecular formula is C27H21Cl4N3O3. The summed E-state index contributed by atoms with van der Waals surface area (Å²) in [5.74, 6) is 0.638. The Morgan fingerprint density at radius 2 is 1.59 bits per heavy atom. The van der Waals surface area contributed by atoms with Gasteiger partial charge in [0.15, 0.2) is 5.60 Å². The van der Waals surface area contributed by atoms with Gasteiger partial charge in [0.25, 0.3) is 0 Å². The van der Waals surface area contributed by atoms with E-state index in [9.17, 15) is 4.79 Å². The van der Waals surface area contributed by atoms with Crippen LogP contribution in [0.4, 0.5) is 5.69 Å². The van der Waals surface area contributed by atoms with E-state index < -0.39 is 11.6 Å². The summed E-state index contributed by atoms with van der Waals surface area (Å²) >= 11 is 26.5. The van der Waals surface area contributed by atoms with E-state index in [4.69, 9.17) is 55.9 Å². The number of halogens is 4. The first kappa shape index (κ1) is 24.7. The van der Waals surface area contributed by atoms with Crippen molar-refractivity contribution >= 4 is 69.0 Å². The van der Waals surface area contributed by atoms with Crippen molar-refractivity contribution in [3.05, 3.63) is 84.4 Å². The third kappa shape index (κ3) is 3.20. The Labute approximate surface area is 233 Å². The lowest BCUT2D eigenvalue weighted by molar-refractivity contribution is 0.0221. The molecule has 4 aromatic rings. The van der Waals surface area contributed by atoms with Crippen LogP contribution in [-0.2, 0) is 23.9 Å². The number of rotatable bonds is 3. The van der Waals surface area contributed by atoms with Gasteiger partial charge in [-0.25, -0.2) is 4.79 Å². The summed E-state index contributed by atoms with van der Waals surface area (Å²) in [6, 6.07) is 11.7. The molecule has 1 unspecified atom stereocenters. The van der Waals surface area contributed by atoms with E-state index in [1.165, 1.54) is 0 Å². The second-order valence-corrected chi connectivity index (χ2v) is 10.9. The van der Waals surface area contributed by atoms with Gasteiger partial charge in [0, 0.05) is 61.5 Å². The molecule has 0 bridgehead atoms. The lowest BCUT2D eigenvalue weighted by atomic mass is 9.77. The quantitative estimate of drug-likeness (QED) is 0.159. The minimum atomic E-state index is -1.35. The maximum atomic E-state index is 13.6. The second-order valence-electron chi connectivity index (χ2n) is 9.37. The SMILES string of the molecule is CNCc1ccc2c(c1)Oc1cc(N(C)C)ccc1C21OC(=O)c2c1c1c(Cl)c(Cl)c(Cl)c(Cl)c1n2C. The van der Waals surface area contributed by atoms with Gasteiger partial charge < -0.3 is 24.3 Å². The molecule has 2 aliphatic heterocycles. The number of esters is 1. The van der Waals surface area contributed by atoms with Crippen molar-refractivity contribution < 1.29 is 14.3 Å². The normalized spacial score (nSPS) is 17.5.